The number of fused-ring (bicyclic) bond motifs is 6. The number of nitrogens with one attached hydrogen (secondary N) is 2. The number of halogens is 4. The number of nitrogens with zero attached hydrogens (tertiary/aromatic N) is 4. The van der Waals surface area contributed by atoms with Crippen molar-refractivity contribution in [2.24, 2.45) is 0 Å². The van der Waals surface area contributed by atoms with Crippen LogP contribution in [0.3, 0.4) is 0 Å². The van der Waals surface area contributed by atoms with Gasteiger partial charge in [-0.25, -0.2) is 9.36 Å². The molecule has 2 aromatic heterocycles. The number of hydrogen-bond donors (Lipinski definition) is 3. The van der Waals surface area contributed by atoms with Crippen molar-refractivity contribution >= 4 is 68.3 Å². The van der Waals surface area contributed by atoms with Crippen molar-refractivity contribution in [3.05, 3.63) is 133 Å². The second-order valence-corrected chi connectivity index (χ2v) is 17.0. The Bertz CT molecular complexity index is 2710. The van der Waals surface area contributed by atoms with Crippen LogP contribution in [0, 0.1) is 0 Å². The van der Waals surface area contributed by atoms with Crippen LogP contribution in [0.5, 0.6) is 0 Å². The summed E-state index contributed by atoms with van der Waals surface area (Å²) in [5.41, 5.74) is 8.03. The molecule has 16 heteroatoms. The van der Waals surface area contributed by atoms with E-state index >= 15 is 0 Å². The van der Waals surface area contributed by atoms with Crippen LogP contribution in [0.1, 0.15) is 62.5 Å². The van der Waals surface area contributed by atoms with E-state index in [1.807, 2.05) is 18.2 Å². The fourth-order valence-electron chi connectivity index (χ4n) is 7.66. The quantitative estimate of drug-likeness (QED) is 0.0973. The highest BCUT2D eigenvalue weighted by Crippen LogP contribution is 2.40. The number of amides is 2. The van der Waals surface area contributed by atoms with E-state index in [9.17, 15) is 22.6 Å². The molecule has 2 amide bonds. The highest BCUT2D eigenvalue weighted by Gasteiger charge is 2.31. The number of hydrogen-bond acceptors (Lipinski definition) is 6. The highest BCUT2D eigenvalue weighted by atomic mass is 35.5. The molecule has 6 aromatic rings. The van der Waals surface area contributed by atoms with Crippen LogP contribution >= 0.6 is 46.4 Å². The first-order valence-electron chi connectivity index (χ1n) is 18.3. The van der Waals surface area contributed by atoms with Gasteiger partial charge in [-0.1, -0.05) is 76.7 Å². The largest absolute Gasteiger partial charge is 0.351 e. The zero-order valence-electron chi connectivity index (χ0n) is 30.2. The molecule has 2 heterocycles. The second-order valence-electron chi connectivity index (χ2n) is 13.9. The van der Waals surface area contributed by atoms with Crippen LogP contribution in [-0.2, 0) is 35.8 Å². The highest BCUT2D eigenvalue weighted by molar-refractivity contribution is 7.85. The van der Waals surface area contributed by atoms with E-state index in [-0.39, 0.29) is 29.6 Å². The molecule has 0 saturated carbocycles. The molecule has 0 saturated heterocycles. The summed E-state index contributed by atoms with van der Waals surface area (Å²) in [4.78, 5) is 27.4. The number of rotatable bonds is 9. The van der Waals surface area contributed by atoms with E-state index in [0.29, 0.717) is 91.6 Å². The zero-order valence-corrected chi connectivity index (χ0v) is 34.0. The van der Waals surface area contributed by atoms with E-state index in [2.05, 4.69) is 16.7 Å². The zero-order chi connectivity index (χ0) is 40.0. The van der Waals surface area contributed by atoms with Gasteiger partial charge >= 0.3 is 0 Å². The molecule has 0 atom stereocenters. The smallest absolute Gasteiger partial charge is 0.294 e. The number of aryl methyl sites for hydroxylation is 2. The Hall–Kier alpha value is -4.69. The van der Waals surface area contributed by atoms with Crippen LogP contribution in [-0.4, -0.2) is 57.4 Å². The maximum Gasteiger partial charge on any atom is 0.294 e. The van der Waals surface area contributed by atoms with Crippen LogP contribution in [0.4, 0.5) is 0 Å². The number of aromatic nitrogens is 4. The summed E-state index contributed by atoms with van der Waals surface area (Å²) in [5, 5.41) is 17.1. The number of benzene rings is 4. The third-order valence-corrected chi connectivity index (χ3v) is 12.2. The van der Waals surface area contributed by atoms with Gasteiger partial charge in [-0.2, -0.15) is 18.6 Å². The third-order valence-electron chi connectivity index (χ3n) is 10.2. The fourth-order valence-corrected chi connectivity index (χ4v) is 9.16. The van der Waals surface area contributed by atoms with Crippen LogP contribution < -0.4 is 10.6 Å². The summed E-state index contributed by atoms with van der Waals surface area (Å²) in [6.07, 6.45) is 4.34. The second kappa shape index (κ2) is 15.9. The molecule has 292 valence electrons. The number of carbonyl (C=O) groups is 2. The van der Waals surface area contributed by atoms with E-state index in [1.54, 1.807) is 51.8 Å². The normalized spacial score (nSPS) is 13.4. The predicted molar refractivity (Wildman–Crippen MR) is 221 cm³/mol. The molecule has 0 unspecified atom stereocenters. The van der Waals surface area contributed by atoms with Gasteiger partial charge in [0.15, 0.2) is 11.4 Å². The average Bonchev–Trinajstić information content (AvgIpc) is 3.59. The summed E-state index contributed by atoms with van der Waals surface area (Å²) in [5.74, 6) is -0.748. The average molecular weight is 865 g/mol. The minimum absolute atomic E-state index is 0.195. The maximum absolute atomic E-state index is 13.8. The summed E-state index contributed by atoms with van der Waals surface area (Å²) >= 11 is 25.7. The van der Waals surface area contributed by atoms with Crippen molar-refractivity contribution < 1.29 is 22.6 Å². The molecule has 4 aromatic carbocycles. The molecule has 2 aliphatic rings. The van der Waals surface area contributed by atoms with Gasteiger partial charge < -0.3 is 10.6 Å². The molecule has 0 aliphatic heterocycles. The monoisotopic (exact) mass is 862 g/mol. The van der Waals surface area contributed by atoms with Gasteiger partial charge in [0.25, 0.3) is 21.9 Å². The van der Waals surface area contributed by atoms with Crippen molar-refractivity contribution in [1.82, 2.24) is 30.2 Å². The van der Waals surface area contributed by atoms with E-state index in [0.717, 1.165) is 29.7 Å². The summed E-state index contributed by atoms with van der Waals surface area (Å²) in [6.45, 7) is 0.493. The Kier molecular flexibility index (Phi) is 10.9. The van der Waals surface area contributed by atoms with Crippen molar-refractivity contribution in [2.75, 3.05) is 13.1 Å². The number of carbonyl (C=O) groups excluding carboxylic acids is 2. The first-order chi connectivity index (χ1) is 27.4. The molecular weight excluding hydrogens is 830 g/mol. The molecule has 0 radical (unpaired) electrons. The molecular formula is C41H34Cl4N6O5S. The SMILES string of the molecule is O=C(NCCCNC(=O)c1nn(-c2ccc(Cl)cc2Cl)c2c1CCCc1cc(S(=O)(=O)O)ccc1-2)c1nn(-c2ccc(Cl)cc2Cl)c2c1CCCc1ccccc1-2. The molecule has 3 N–H and O–H groups in total. The van der Waals surface area contributed by atoms with E-state index in [1.165, 1.54) is 17.7 Å². The van der Waals surface area contributed by atoms with Crippen molar-refractivity contribution in [1.29, 1.82) is 0 Å². The Balaban J connectivity index is 1.02. The van der Waals surface area contributed by atoms with Crippen molar-refractivity contribution in [2.45, 2.75) is 49.8 Å². The molecule has 57 heavy (non-hydrogen) atoms. The van der Waals surface area contributed by atoms with E-state index in [4.69, 9.17) is 56.6 Å². The van der Waals surface area contributed by atoms with E-state index < -0.39 is 16.0 Å². The Morgan fingerprint density at radius 1 is 0.649 bits per heavy atom. The standard InChI is InChI=1S/C41H34Cl4N6O5S/c42-25-12-16-34(32(44)21-25)50-38-28-9-2-1-6-23(28)7-3-10-30(38)36(48-50)40(52)46-18-5-19-47-41(53)37-31-11-4-8-24-20-27(57(54,55)56)14-15-29(24)39(31)51(49-37)35-17-13-26(43)22-33(35)45/h1-2,6,9,12-17,20-22H,3-5,7-8,10-11,18-19H2,(H,46,52)(H,47,53)(H,54,55,56). The first-order valence-corrected chi connectivity index (χ1v) is 21.2. The van der Waals surface area contributed by atoms with Crippen LogP contribution in [0.25, 0.3) is 33.9 Å². The lowest BCUT2D eigenvalue weighted by Gasteiger charge is -2.13. The minimum atomic E-state index is -4.44. The van der Waals surface area contributed by atoms with Gasteiger partial charge in [-0.15, -0.1) is 0 Å². The topological polar surface area (TPSA) is 148 Å². The molecule has 0 bridgehead atoms. The minimum Gasteiger partial charge on any atom is -0.351 e. The molecule has 8 rings (SSSR count). The summed E-state index contributed by atoms with van der Waals surface area (Å²) < 4.78 is 37.0. The lowest BCUT2D eigenvalue weighted by molar-refractivity contribution is 0.0945. The fraction of sp³-hybridized carbons (Fsp3) is 0.220. The Morgan fingerprint density at radius 2 is 1.16 bits per heavy atom. The molecule has 0 spiro atoms. The predicted octanol–water partition coefficient (Wildman–Crippen LogP) is 8.78. The Labute approximate surface area is 348 Å². The van der Waals surface area contributed by atoms with Gasteiger partial charge in [0.05, 0.1) is 37.7 Å². The Morgan fingerprint density at radius 3 is 1.68 bits per heavy atom. The van der Waals surface area contributed by atoms with Gasteiger partial charge in [-0.05, 0) is 105 Å². The molecule has 2 aliphatic carbocycles. The summed E-state index contributed by atoms with van der Waals surface area (Å²) in [7, 11) is -4.44. The lowest BCUT2D eigenvalue weighted by Crippen LogP contribution is -2.31. The van der Waals surface area contributed by atoms with Crippen LogP contribution in [0.15, 0.2) is 83.8 Å². The van der Waals surface area contributed by atoms with Gasteiger partial charge in [0, 0.05) is 45.4 Å². The third kappa shape index (κ3) is 7.70. The molecule has 11 nitrogen and oxygen atoms in total. The van der Waals surface area contributed by atoms with Crippen molar-refractivity contribution in [3.8, 4) is 33.9 Å². The van der Waals surface area contributed by atoms with Gasteiger partial charge in [0.2, 0.25) is 0 Å². The maximum atomic E-state index is 13.8. The first kappa shape index (κ1) is 39.2. The van der Waals surface area contributed by atoms with Gasteiger partial charge in [0.1, 0.15) is 0 Å². The molecule has 0 fully saturated rings. The van der Waals surface area contributed by atoms with Gasteiger partial charge in [-0.3, -0.25) is 14.1 Å². The lowest BCUT2D eigenvalue weighted by atomic mass is 10.0. The van der Waals surface area contributed by atoms with Crippen LogP contribution in [0.2, 0.25) is 20.1 Å². The summed E-state index contributed by atoms with van der Waals surface area (Å²) in [6, 6.07) is 22.6. The van der Waals surface area contributed by atoms with Crippen molar-refractivity contribution in [3.63, 3.8) is 0 Å².